The molecule has 0 saturated carbocycles. The van der Waals surface area contributed by atoms with Crippen molar-refractivity contribution in [2.24, 2.45) is 0 Å². The van der Waals surface area contributed by atoms with Gasteiger partial charge in [-0.25, -0.2) is 9.50 Å². The van der Waals surface area contributed by atoms with E-state index in [1.165, 1.54) is 12.1 Å². The number of likely N-dealkylation sites (N-methyl/N-ethyl adjacent to an activating group) is 1. The minimum Gasteiger partial charge on any atom is -0.322 e. The van der Waals surface area contributed by atoms with E-state index < -0.39 is 17.6 Å². The fourth-order valence-corrected chi connectivity index (χ4v) is 4.59. The van der Waals surface area contributed by atoms with E-state index in [2.05, 4.69) is 32.1 Å². The summed E-state index contributed by atoms with van der Waals surface area (Å²) in [5, 5.41) is 7.05. The summed E-state index contributed by atoms with van der Waals surface area (Å²) in [6.07, 6.45) is -2.91. The predicted octanol–water partition coefficient (Wildman–Crippen LogP) is 5.79. The average Bonchev–Trinajstić information content (AvgIpc) is 3.37. The highest BCUT2D eigenvalue weighted by Crippen LogP contribution is 2.34. The number of piperazine rings is 1. The molecule has 1 N–H and O–H groups in total. The zero-order chi connectivity index (χ0) is 30.4. The van der Waals surface area contributed by atoms with Gasteiger partial charge < -0.3 is 10.2 Å². The number of hydrogen-bond acceptors (Lipinski definition) is 5. The van der Waals surface area contributed by atoms with Gasteiger partial charge in [0.25, 0.3) is 5.91 Å². The molecule has 0 spiro atoms. The second-order valence-corrected chi connectivity index (χ2v) is 10.1. The molecule has 1 saturated heterocycles. The maximum Gasteiger partial charge on any atom is 0.416 e. The second-order valence-electron chi connectivity index (χ2n) is 10.1. The van der Waals surface area contributed by atoms with Crippen molar-refractivity contribution in [1.82, 2.24) is 24.4 Å². The Balaban J connectivity index is 0.00000198. The molecule has 1 aliphatic heterocycles. The molecule has 4 aromatic rings. The average molecular weight is 577 g/mol. The summed E-state index contributed by atoms with van der Waals surface area (Å²) in [5.41, 5.74) is 3.40. The molecule has 1 amide bonds. The van der Waals surface area contributed by atoms with Crippen molar-refractivity contribution >= 4 is 17.2 Å². The number of carbonyl (C=O) groups excluding carboxylic acids is 1. The van der Waals surface area contributed by atoms with Gasteiger partial charge in [0, 0.05) is 49.5 Å². The number of rotatable bonds is 4. The van der Waals surface area contributed by atoms with E-state index >= 15 is 0 Å². The SMILES string of the molecule is CC.Cc1ccc2ncc(C#Cc3cc(C(=O)Nc4ccc(CN5CCN(C)CC5)c(C(F)(F)F)c4)ccc3C)n2n1. The number of alkyl halides is 3. The Hall–Kier alpha value is -4.20. The van der Waals surface area contributed by atoms with Crippen LogP contribution in [0.2, 0.25) is 0 Å². The van der Waals surface area contributed by atoms with Crippen LogP contribution in [0.1, 0.15) is 57.8 Å². The Bertz CT molecular complexity index is 1620. The van der Waals surface area contributed by atoms with Gasteiger partial charge in [-0.15, -0.1) is 0 Å². The molecule has 2 aromatic carbocycles. The number of carbonyl (C=O) groups is 1. The van der Waals surface area contributed by atoms with Gasteiger partial charge in [0.15, 0.2) is 5.65 Å². The summed E-state index contributed by atoms with van der Waals surface area (Å²) in [5.74, 6) is 5.62. The molecular formula is C32H35F3N6O. The van der Waals surface area contributed by atoms with Crippen LogP contribution in [-0.4, -0.2) is 63.5 Å². The van der Waals surface area contributed by atoms with Crippen molar-refractivity contribution in [1.29, 1.82) is 0 Å². The topological polar surface area (TPSA) is 65.8 Å². The van der Waals surface area contributed by atoms with Crippen LogP contribution in [0, 0.1) is 25.7 Å². The van der Waals surface area contributed by atoms with Gasteiger partial charge in [0.05, 0.1) is 17.5 Å². The van der Waals surface area contributed by atoms with Crippen molar-refractivity contribution < 1.29 is 18.0 Å². The van der Waals surface area contributed by atoms with E-state index in [-0.39, 0.29) is 23.4 Å². The van der Waals surface area contributed by atoms with E-state index in [1.54, 1.807) is 28.9 Å². The normalized spacial score (nSPS) is 14.1. The Morgan fingerprint density at radius 2 is 1.71 bits per heavy atom. The Kier molecular flexibility index (Phi) is 9.66. The Morgan fingerprint density at radius 1 is 0.976 bits per heavy atom. The third kappa shape index (κ3) is 7.35. The van der Waals surface area contributed by atoms with Crippen molar-refractivity contribution in [3.63, 3.8) is 0 Å². The first kappa shape index (κ1) is 30.8. The lowest BCUT2D eigenvalue weighted by molar-refractivity contribution is -0.138. The van der Waals surface area contributed by atoms with Gasteiger partial charge in [0.1, 0.15) is 5.69 Å². The summed E-state index contributed by atoms with van der Waals surface area (Å²) >= 11 is 0. The van der Waals surface area contributed by atoms with Gasteiger partial charge in [-0.1, -0.05) is 31.9 Å². The lowest BCUT2D eigenvalue weighted by Gasteiger charge is -2.33. The summed E-state index contributed by atoms with van der Waals surface area (Å²) in [4.78, 5) is 21.5. The molecule has 10 heteroatoms. The third-order valence-corrected chi connectivity index (χ3v) is 6.98. The zero-order valence-corrected chi connectivity index (χ0v) is 24.5. The Morgan fingerprint density at radius 3 is 2.43 bits per heavy atom. The number of nitrogens with zero attached hydrogens (tertiary/aromatic N) is 5. The molecule has 3 heterocycles. The van der Waals surface area contributed by atoms with Crippen LogP contribution in [0.25, 0.3) is 5.65 Å². The maximum absolute atomic E-state index is 14.0. The fourth-order valence-electron chi connectivity index (χ4n) is 4.59. The van der Waals surface area contributed by atoms with Crippen LogP contribution in [0.5, 0.6) is 0 Å². The fraction of sp³-hybridized carbons (Fsp3) is 0.344. The van der Waals surface area contributed by atoms with E-state index in [1.807, 2.05) is 51.8 Å². The number of imidazole rings is 1. The number of aromatic nitrogens is 3. The van der Waals surface area contributed by atoms with Crippen LogP contribution >= 0.6 is 0 Å². The van der Waals surface area contributed by atoms with Gasteiger partial charge in [-0.2, -0.15) is 18.3 Å². The van der Waals surface area contributed by atoms with Crippen molar-refractivity contribution in [3.8, 4) is 11.8 Å². The molecule has 220 valence electrons. The monoisotopic (exact) mass is 576 g/mol. The van der Waals surface area contributed by atoms with Gasteiger partial charge in [-0.05, 0) is 74.3 Å². The number of benzene rings is 2. The second kappa shape index (κ2) is 13.2. The number of halogens is 3. The summed E-state index contributed by atoms with van der Waals surface area (Å²) < 4.78 is 43.5. The van der Waals surface area contributed by atoms with Crippen molar-refractivity contribution in [2.75, 3.05) is 38.5 Å². The first-order chi connectivity index (χ1) is 20.1. The van der Waals surface area contributed by atoms with Crippen molar-refractivity contribution in [2.45, 2.75) is 40.4 Å². The van der Waals surface area contributed by atoms with E-state index in [4.69, 9.17) is 0 Å². The van der Waals surface area contributed by atoms with Crippen LogP contribution in [-0.2, 0) is 12.7 Å². The van der Waals surface area contributed by atoms with Crippen LogP contribution in [0.4, 0.5) is 18.9 Å². The van der Waals surface area contributed by atoms with Crippen molar-refractivity contribution in [3.05, 3.63) is 93.9 Å². The first-order valence-corrected chi connectivity index (χ1v) is 13.9. The minimum atomic E-state index is -4.54. The zero-order valence-electron chi connectivity index (χ0n) is 24.5. The van der Waals surface area contributed by atoms with E-state index in [0.29, 0.717) is 30.0 Å². The van der Waals surface area contributed by atoms with Crippen LogP contribution in [0.3, 0.4) is 0 Å². The van der Waals surface area contributed by atoms with Gasteiger partial charge >= 0.3 is 6.18 Å². The molecule has 0 unspecified atom stereocenters. The number of fused-ring (bicyclic) bond motifs is 1. The lowest BCUT2D eigenvalue weighted by atomic mass is 10.0. The van der Waals surface area contributed by atoms with Gasteiger partial charge in [-0.3, -0.25) is 9.69 Å². The third-order valence-electron chi connectivity index (χ3n) is 6.98. The summed E-state index contributed by atoms with van der Waals surface area (Å²) in [6.45, 7) is 11.0. The highest BCUT2D eigenvalue weighted by atomic mass is 19.4. The highest BCUT2D eigenvalue weighted by molar-refractivity contribution is 6.04. The molecular weight excluding hydrogens is 541 g/mol. The van der Waals surface area contributed by atoms with Gasteiger partial charge in [0.2, 0.25) is 0 Å². The van der Waals surface area contributed by atoms with Crippen LogP contribution in [0.15, 0.2) is 54.7 Å². The molecule has 0 atom stereocenters. The quantitative estimate of drug-likeness (QED) is 0.312. The first-order valence-electron chi connectivity index (χ1n) is 13.9. The number of nitrogens with one attached hydrogen (secondary N) is 1. The molecule has 7 nitrogen and oxygen atoms in total. The number of anilines is 1. The molecule has 42 heavy (non-hydrogen) atoms. The van der Waals surface area contributed by atoms with E-state index in [9.17, 15) is 18.0 Å². The number of amides is 1. The standard InChI is InChI=1S/C30H29F3N6O.C2H6/c1-20-4-6-23(16-22(20)8-10-26-18-34-28-11-5-21(2)36-39(26)28)29(40)35-25-9-7-24(27(17-25)30(31,32)33)19-38-14-12-37(3)13-15-38;1-2/h4-7,9,11,16-18H,12-15,19H2,1-3H3,(H,35,40);1-2H3. The molecule has 0 bridgehead atoms. The number of hydrogen-bond donors (Lipinski definition) is 1. The molecule has 1 fully saturated rings. The summed E-state index contributed by atoms with van der Waals surface area (Å²) in [7, 11) is 2.00. The lowest BCUT2D eigenvalue weighted by Crippen LogP contribution is -2.44. The molecule has 0 aliphatic carbocycles. The Labute approximate surface area is 244 Å². The molecule has 2 aromatic heterocycles. The van der Waals surface area contributed by atoms with Crippen LogP contribution < -0.4 is 5.32 Å². The molecule has 0 radical (unpaired) electrons. The highest BCUT2D eigenvalue weighted by Gasteiger charge is 2.34. The largest absolute Gasteiger partial charge is 0.416 e. The number of aryl methyl sites for hydroxylation is 2. The predicted molar refractivity (Wildman–Crippen MR) is 158 cm³/mol. The molecule has 5 rings (SSSR count). The van der Waals surface area contributed by atoms with E-state index in [0.717, 1.165) is 30.4 Å². The smallest absolute Gasteiger partial charge is 0.322 e. The maximum atomic E-state index is 14.0. The molecule has 1 aliphatic rings. The minimum absolute atomic E-state index is 0.0832. The summed E-state index contributed by atoms with van der Waals surface area (Å²) in [6, 6.07) is 12.7.